The van der Waals surface area contributed by atoms with Gasteiger partial charge in [0.1, 0.15) is 17.3 Å². The van der Waals surface area contributed by atoms with Gasteiger partial charge in [0, 0.05) is 5.56 Å². The van der Waals surface area contributed by atoms with E-state index in [0.29, 0.717) is 22.7 Å². The summed E-state index contributed by atoms with van der Waals surface area (Å²) >= 11 is 0. The number of nitrogens with zero attached hydrogens (tertiary/aromatic N) is 1. The number of fused-ring (bicyclic) bond motifs is 1. The van der Waals surface area contributed by atoms with E-state index in [9.17, 15) is 9.65 Å². The van der Waals surface area contributed by atoms with Crippen LogP contribution >= 0.6 is 0 Å². The average molecular weight is 339 g/mol. The number of hydrogen-bond donors (Lipinski definition) is 0. The first-order valence-corrected chi connectivity index (χ1v) is 8.20. The molecule has 0 unspecified atom stereocenters. The Hall–Kier alpha value is -3.64. The van der Waals surface area contributed by atoms with Gasteiger partial charge in [-0.25, -0.2) is 4.39 Å². The van der Waals surface area contributed by atoms with Crippen molar-refractivity contribution in [2.45, 2.75) is 0 Å². The van der Waals surface area contributed by atoms with Crippen LogP contribution in [-0.2, 0) is 0 Å². The van der Waals surface area contributed by atoms with Gasteiger partial charge in [-0.2, -0.15) is 5.26 Å². The third kappa shape index (κ3) is 3.13. The summed E-state index contributed by atoms with van der Waals surface area (Å²) in [7, 11) is 0. The Kier molecular flexibility index (Phi) is 4.09. The van der Waals surface area contributed by atoms with E-state index < -0.39 is 0 Å². The van der Waals surface area contributed by atoms with E-state index in [1.54, 1.807) is 30.3 Å². The summed E-state index contributed by atoms with van der Waals surface area (Å²) in [6.07, 6.45) is 1.70. The third-order valence-corrected chi connectivity index (χ3v) is 4.20. The van der Waals surface area contributed by atoms with Crippen molar-refractivity contribution in [2.75, 3.05) is 0 Å². The van der Waals surface area contributed by atoms with E-state index in [4.69, 9.17) is 4.42 Å². The van der Waals surface area contributed by atoms with Crippen molar-refractivity contribution < 1.29 is 8.81 Å². The molecule has 0 fully saturated rings. The molecule has 0 bridgehead atoms. The second kappa shape index (κ2) is 6.70. The quantitative estimate of drug-likeness (QED) is 0.410. The molecule has 0 aliphatic carbocycles. The minimum atomic E-state index is -0.315. The second-order valence-electron chi connectivity index (χ2n) is 5.94. The van der Waals surface area contributed by atoms with Crippen molar-refractivity contribution in [1.29, 1.82) is 5.26 Å². The fraction of sp³-hybridized carbons (Fsp3) is 0. The topological polar surface area (TPSA) is 36.9 Å². The van der Waals surface area contributed by atoms with Crippen molar-refractivity contribution in [1.82, 2.24) is 0 Å². The lowest BCUT2D eigenvalue weighted by molar-refractivity contribution is 0.570. The number of halogens is 1. The molecule has 0 radical (unpaired) electrons. The second-order valence-corrected chi connectivity index (χ2v) is 5.94. The highest BCUT2D eigenvalue weighted by molar-refractivity contribution is 5.93. The Balaban J connectivity index is 1.70. The monoisotopic (exact) mass is 339 g/mol. The van der Waals surface area contributed by atoms with E-state index in [0.717, 1.165) is 16.3 Å². The molecule has 2 nitrogen and oxygen atoms in total. The summed E-state index contributed by atoms with van der Waals surface area (Å²) in [6, 6.07) is 25.9. The van der Waals surface area contributed by atoms with Crippen LogP contribution in [0.25, 0.3) is 33.7 Å². The molecule has 0 saturated carbocycles. The molecule has 0 aliphatic heterocycles. The van der Waals surface area contributed by atoms with Crippen LogP contribution in [0.15, 0.2) is 83.3 Å². The van der Waals surface area contributed by atoms with E-state index in [1.807, 2.05) is 42.5 Å². The molecule has 0 saturated heterocycles. The van der Waals surface area contributed by atoms with Crippen molar-refractivity contribution in [3.8, 4) is 17.4 Å². The van der Waals surface area contributed by atoms with Crippen LogP contribution in [0.1, 0.15) is 11.3 Å². The molecule has 124 valence electrons. The lowest BCUT2D eigenvalue weighted by atomic mass is 10.0. The maximum absolute atomic E-state index is 13.4. The minimum Gasteiger partial charge on any atom is -0.457 e. The molecule has 4 aromatic rings. The van der Waals surface area contributed by atoms with Crippen LogP contribution in [0.3, 0.4) is 0 Å². The summed E-state index contributed by atoms with van der Waals surface area (Å²) in [5.74, 6) is 0.797. The summed E-state index contributed by atoms with van der Waals surface area (Å²) in [6.45, 7) is 0. The lowest BCUT2D eigenvalue weighted by Crippen LogP contribution is -1.82. The van der Waals surface area contributed by atoms with Crippen LogP contribution in [-0.4, -0.2) is 0 Å². The predicted octanol–water partition coefficient (Wildman–Crippen LogP) is 6.30. The molecule has 1 aromatic heterocycles. The Bertz CT molecular complexity index is 1160. The first kappa shape index (κ1) is 15.9. The van der Waals surface area contributed by atoms with Crippen LogP contribution in [0.5, 0.6) is 0 Å². The zero-order chi connectivity index (χ0) is 17.9. The molecule has 26 heavy (non-hydrogen) atoms. The van der Waals surface area contributed by atoms with Crippen molar-refractivity contribution >= 4 is 22.4 Å². The summed E-state index contributed by atoms with van der Waals surface area (Å²) in [5.41, 5.74) is 2.00. The molecule has 0 amide bonds. The maximum Gasteiger partial charge on any atom is 0.134 e. The highest BCUT2D eigenvalue weighted by Crippen LogP contribution is 2.27. The number of allylic oxidation sites excluding steroid dienone is 1. The third-order valence-electron chi connectivity index (χ3n) is 4.20. The molecule has 0 spiro atoms. The zero-order valence-corrected chi connectivity index (χ0v) is 13.8. The van der Waals surface area contributed by atoms with Crippen LogP contribution in [0.4, 0.5) is 4.39 Å². The number of furan rings is 1. The first-order chi connectivity index (χ1) is 12.7. The van der Waals surface area contributed by atoms with E-state index in [1.165, 1.54) is 12.1 Å². The number of hydrogen-bond acceptors (Lipinski definition) is 2. The lowest BCUT2D eigenvalue weighted by Gasteiger charge is -2.02. The highest BCUT2D eigenvalue weighted by atomic mass is 19.1. The van der Waals surface area contributed by atoms with Gasteiger partial charge >= 0.3 is 0 Å². The Labute approximate surface area is 150 Å². The molecule has 0 aliphatic rings. The van der Waals surface area contributed by atoms with Gasteiger partial charge in [0.25, 0.3) is 0 Å². The van der Waals surface area contributed by atoms with E-state index >= 15 is 0 Å². The molecule has 3 heteroatoms. The SMILES string of the molecule is N#C/C(=C/c1ccc(-c2cccc(F)c2)o1)c1ccc2ccccc2c1. The molecular weight excluding hydrogens is 325 g/mol. The van der Waals surface area contributed by atoms with Gasteiger partial charge in [-0.1, -0.05) is 48.5 Å². The smallest absolute Gasteiger partial charge is 0.134 e. The Morgan fingerprint density at radius 1 is 0.885 bits per heavy atom. The molecule has 1 heterocycles. The predicted molar refractivity (Wildman–Crippen MR) is 102 cm³/mol. The van der Waals surface area contributed by atoms with Gasteiger partial charge in [-0.05, 0) is 52.7 Å². The molecule has 0 N–H and O–H groups in total. The van der Waals surface area contributed by atoms with E-state index in [2.05, 4.69) is 6.07 Å². The standard InChI is InChI=1S/C23H14FNO/c24-21-7-3-6-19(13-21)23-11-10-22(26-23)14-20(15-25)18-9-8-16-4-1-2-5-17(16)12-18/h1-14H/b20-14-. The normalized spacial score (nSPS) is 11.5. The molecular formula is C23H14FNO. The van der Waals surface area contributed by atoms with Crippen molar-refractivity contribution in [3.63, 3.8) is 0 Å². The number of nitriles is 1. The Morgan fingerprint density at radius 2 is 1.73 bits per heavy atom. The summed E-state index contributed by atoms with van der Waals surface area (Å²) in [5, 5.41) is 11.8. The van der Waals surface area contributed by atoms with Crippen molar-refractivity contribution in [3.05, 3.63) is 96.0 Å². The van der Waals surface area contributed by atoms with Gasteiger partial charge in [0.15, 0.2) is 0 Å². The fourth-order valence-electron chi connectivity index (χ4n) is 2.91. The van der Waals surface area contributed by atoms with Gasteiger partial charge in [-0.3, -0.25) is 0 Å². The van der Waals surface area contributed by atoms with Gasteiger partial charge in [0.2, 0.25) is 0 Å². The summed E-state index contributed by atoms with van der Waals surface area (Å²) < 4.78 is 19.1. The van der Waals surface area contributed by atoms with Crippen molar-refractivity contribution in [2.24, 2.45) is 0 Å². The van der Waals surface area contributed by atoms with E-state index in [-0.39, 0.29) is 5.82 Å². The largest absolute Gasteiger partial charge is 0.457 e. The first-order valence-electron chi connectivity index (χ1n) is 8.20. The molecule has 4 rings (SSSR count). The van der Waals surface area contributed by atoms with Crippen LogP contribution in [0.2, 0.25) is 0 Å². The number of benzene rings is 3. The average Bonchev–Trinajstić information content (AvgIpc) is 3.14. The van der Waals surface area contributed by atoms with Crippen LogP contribution < -0.4 is 0 Å². The number of rotatable bonds is 3. The zero-order valence-electron chi connectivity index (χ0n) is 13.8. The molecule has 3 aromatic carbocycles. The minimum absolute atomic E-state index is 0.315. The Morgan fingerprint density at radius 3 is 2.54 bits per heavy atom. The molecule has 0 atom stereocenters. The van der Waals surface area contributed by atoms with Crippen LogP contribution in [0, 0.1) is 17.1 Å². The van der Waals surface area contributed by atoms with Gasteiger partial charge < -0.3 is 4.42 Å². The highest BCUT2D eigenvalue weighted by Gasteiger charge is 2.07. The van der Waals surface area contributed by atoms with Gasteiger partial charge in [0.05, 0.1) is 11.6 Å². The fourth-order valence-corrected chi connectivity index (χ4v) is 2.91. The summed E-state index contributed by atoms with van der Waals surface area (Å²) in [4.78, 5) is 0. The maximum atomic E-state index is 13.4. The van der Waals surface area contributed by atoms with Gasteiger partial charge in [-0.15, -0.1) is 0 Å².